The number of para-hydroxylation sites is 1. The molecule has 0 unspecified atom stereocenters. The fraction of sp³-hybridized carbons (Fsp3) is 0.0455. The Morgan fingerprint density at radius 1 is 0.391 bits per heavy atom. The van der Waals surface area contributed by atoms with Crippen LogP contribution in [0.4, 0.5) is 0 Å². The number of aromatic nitrogens is 2. The minimum Gasteiger partial charge on any atom is -0.256 e. The van der Waals surface area contributed by atoms with Gasteiger partial charge < -0.3 is 0 Å². The van der Waals surface area contributed by atoms with E-state index in [1.54, 1.807) is 0 Å². The lowest BCUT2D eigenvalue weighted by Crippen LogP contribution is -1.92. The fourth-order valence-corrected chi connectivity index (χ4v) is 7.28. The van der Waals surface area contributed by atoms with Gasteiger partial charge in [0.15, 0.2) is 0 Å². The SMILES string of the molecule is Cc1cc(C)cc(-c2cc3c4ccccc4c4ncc(-c5ccc(-c6cnc7ccccc7c6)cc5)cc4c3c3ccccc23)c1. The van der Waals surface area contributed by atoms with E-state index in [1.807, 2.05) is 18.5 Å². The van der Waals surface area contributed by atoms with Crippen molar-refractivity contribution in [3.63, 3.8) is 0 Å². The molecule has 0 amide bonds. The van der Waals surface area contributed by atoms with E-state index in [0.29, 0.717) is 0 Å². The average Bonchev–Trinajstić information content (AvgIpc) is 3.10. The van der Waals surface area contributed by atoms with E-state index in [4.69, 9.17) is 4.98 Å². The zero-order valence-electron chi connectivity index (χ0n) is 25.8. The summed E-state index contributed by atoms with van der Waals surface area (Å²) in [7, 11) is 0. The summed E-state index contributed by atoms with van der Waals surface area (Å²) in [5.74, 6) is 0. The molecule has 2 heterocycles. The molecule has 0 fully saturated rings. The predicted molar refractivity (Wildman–Crippen MR) is 195 cm³/mol. The van der Waals surface area contributed by atoms with Gasteiger partial charge in [-0.3, -0.25) is 9.97 Å². The number of pyridine rings is 2. The van der Waals surface area contributed by atoms with Gasteiger partial charge in [-0.1, -0.05) is 120 Å². The summed E-state index contributed by atoms with van der Waals surface area (Å²) in [6.07, 6.45) is 3.99. The Morgan fingerprint density at radius 3 is 1.76 bits per heavy atom. The maximum Gasteiger partial charge on any atom is 0.0787 e. The van der Waals surface area contributed by atoms with E-state index in [1.165, 1.54) is 60.0 Å². The highest BCUT2D eigenvalue weighted by molar-refractivity contribution is 6.32. The molecule has 0 N–H and O–H groups in total. The Bertz CT molecular complexity index is 2630. The van der Waals surface area contributed by atoms with Crippen molar-refractivity contribution in [3.8, 4) is 33.4 Å². The van der Waals surface area contributed by atoms with Crippen LogP contribution in [-0.4, -0.2) is 9.97 Å². The lowest BCUT2D eigenvalue weighted by Gasteiger charge is -2.17. The molecule has 0 bridgehead atoms. The molecule has 0 aliphatic heterocycles. The number of benzene rings is 7. The van der Waals surface area contributed by atoms with Gasteiger partial charge in [-0.2, -0.15) is 0 Å². The monoisotopic (exact) mass is 586 g/mol. The first-order valence-corrected chi connectivity index (χ1v) is 15.8. The van der Waals surface area contributed by atoms with Crippen LogP contribution < -0.4 is 0 Å². The summed E-state index contributed by atoms with van der Waals surface area (Å²) in [5, 5.41) is 9.76. The Hall–Kier alpha value is -5.86. The number of hydrogen-bond donors (Lipinski definition) is 0. The average molecular weight is 587 g/mol. The first-order valence-electron chi connectivity index (χ1n) is 15.8. The number of aryl methyl sites for hydroxylation is 2. The molecule has 46 heavy (non-hydrogen) atoms. The largest absolute Gasteiger partial charge is 0.256 e. The van der Waals surface area contributed by atoms with Crippen molar-refractivity contribution < 1.29 is 0 Å². The van der Waals surface area contributed by atoms with Gasteiger partial charge in [0.1, 0.15) is 0 Å². The fourth-order valence-electron chi connectivity index (χ4n) is 7.28. The van der Waals surface area contributed by atoms with Crippen LogP contribution in [-0.2, 0) is 0 Å². The molecule has 0 saturated carbocycles. The maximum absolute atomic E-state index is 5.15. The summed E-state index contributed by atoms with van der Waals surface area (Å²) in [4.78, 5) is 9.83. The summed E-state index contributed by atoms with van der Waals surface area (Å²) in [6, 6.07) is 48.4. The van der Waals surface area contributed by atoms with Crippen LogP contribution in [0.15, 0.2) is 146 Å². The molecule has 0 aliphatic carbocycles. The van der Waals surface area contributed by atoms with Crippen molar-refractivity contribution in [2.45, 2.75) is 13.8 Å². The molecular weight excluding hydrogens is 556 g/mol. The molecule has 2 heteroatoms. The Balaban J connectivity index is 1.27. The van der Waals surface area contributed by atoms with Gasteiger partial charge in [-0.25, -0.2) is 0 Å². The van der Waals surface area contributed by atoms with E-state index in [9.17, 15) is 0 Å². The highest BCUT2D eigenvalue weighted by Crippen LogP contribution is 2.43. The molecule has 9 aromatic rings. The molecule has 0 saturated heterocycles. The first kappa shape index (κ1) is 26.5. The zero-order valence-corrected chi connectivity index (χ0v) is 25.8. The minimum absolute atomic E-state index is 1.01. The Kier molecular flexibility index (Phi) is 5.97. The van der Waals surface area contributed by atoms with Crippen LogP contribution in [0.5, 0.6) is 0 Å². The Labute approximate surface area is 267 Å². The van der Waals surface area contributed by atoms with Gasteiger partial charge >= 0.3 is 0 Å². The number of rotatable bonds is 3. The predicted octanol–water partition coefficient (Wildman–Crippen LogP) is 11.9. The van der Waals surface area contributed by atoms with Crippen molar-refractivity contribution in [1.29, 1.82) is 0 Å². The van der Waals surface area contributed by atoms with E-state index >= 15 is 0 Å². The van der Waals surface area contributed by atoms with Gasteiger partial charge in [0.25, 0.3) is 0 Å². The van der Waals surface area contributed by atoms with Gasteiger partial charge in [-0.15, -0.1) is 0 Å². The number of hydrogen-bond acceptors (Lipinski definition) is 2. The Morgan fingerprint density at radius 2 is 1.00 bits per heavy atom. The van der Waals surface area contributed by atoms with Crippen LogP contribution >= 0.6 is 0 Å². The van der Waals surface area contributed by atoms with E-state index in [2.05, 4.69) is 146 Å². The van der Waals surface area contributed by atoms with Crippen molar-refractivity contribution in [2.24, 2.45) is 0 Å². The summed E-state index contributed by atoms with van der Waals surface area (Å²) in [6.45, 7) is 4.36. The van der Waals surface area contributed by atoms with Gasteiger partial charge in [0, 0.05) is 39.7 Å². The topological polar surface area (TPSA) is 25.8 Å². The molecule has 0 radical (unpaired) electrons. The van der Waals surface area contributed by atoms with Gasteiger partial charge in [0.2, 0.25) is 0 Å². The molecular formula is C44H30N2. The van der Waals surface area contributed by atoms with Crippen LogP contribution in [0.1, 0.15) is 11.1 Å². The van der Waals surface area contributed by atoms with Crippen LogP contribution in [0.3, 0.4) is 0 Å². The molecule has 216 valence electrons. The number of fused-ring (bicyclic) bond motifs is 9. The molecule has 2 aromatic heterocycles. The lowest BCUT2D eigenvalue weighted by molar-refractivity contribution is 1.39. The normalized spacial score (nSPS) is 11.7. The highest BCUT2D eigenvalue weighted by Gasteiger charge is 2.17. The molecule has 0 aliphatic rings. The van der Waals surface area contributed by atoms with Crippen LogP contribution in [0.2, 0.25) is 0 Å². The van der Waals surface area contributed by atoms with Crippen LogP contribution in [0, 0.1) is 13.8 Å². The quantitative estimate of drug-likeness (QED) is 0.192. The summed E-state index contributed by atoms with van der Waals surface area (Å²) in [5.41, 5.74) is 11.6. The standard InChI is InChI=1S/C44H30N2/c1-27-19-28(2)21-32(20-27)39-24-40-36-11-5-7-13-38(36)44-41(43(40)37-12-6-4-10-35(37)39)23-34(26-46-44)30-17-15-29(16-18-30)33-22-31-9-3-8-14-42(31)45-25-33/h3-26H,1-2H3. The van der Waals surface area contributed by atoms with Gasteiger partial charge in [0.05, 0.1) is 11.0 Å². The van der Waals surface area contributed by atoms with Crippen LogP contribution in [0.25, 0.3) is 87.5 Å². The maximum atomic E-state index is 5.15. The second-order valence-electron chi connectivity index (χ2n) is 12.4. The minimum atomic E-state index is 1.01. The summed E-state index contributed by atoms with van der Waals surface area (Å²) >= 11 is 0. The smallest absolute Gasteiger partial charge is 0.0787 e. The molecule has 7 aromatic carbocycles. The van der Waals surface area contributed by atoms with Crippen molar-refractivity contribution in [2.75, 3.05) is 0 Å². The number of nitrogens with zero attached hydrogens (tertiary/aromatic N) is 2. The zero-order chi connectivity index (χ0) is 30.8. The van der Waals surface area contributed by atoms with E-state index in [-0.39, 0.29) is 0 Å². The third-order valence-electron chi connectivity index (χ3n) is 9.35. The second-order valence-corrected chi connectivity index (χ2v) is 12.4. The third kappa shape index (κ3) is 4.26. The molecule has 0 atom stereocenters. The van der Waals surface area contributed by atoms with Crippen molar-refractivity contribution in [1.82, 2.24) is 9.97 Å². The lowest BCUT2D eigenvalue weighted by atomic mass is 9.87. The molecule has 0 spiro atoms. The van der Waals surface area contributed by atoms with E-state index in [0.717, 1.165) is 38.7 Å². The van der Waals surface area contributed by atoms with Gasteiger partial charge in [-0.05, 0) is 87.3 Å². The highest BCUT2D eigenvalue weighted by atomic mass is 14.7. The summed E-state index contributed by atoms with van der Waals surface area (Å²) < 4.78 is 0. The van der Waals surface area contributed by atoms with E-state index < -0.39 is 0 Å². The third-order valence-corrected chi connectivity index (χ3v) is 9.35. The van der Waals surface area contributed by atoms with Crippen molar-refractivity contribution in [3.05, 3.63) is 157 Å². The second kappa shape index (κ2) is 10.4. The first-order chi connectivity index (χ1) is 22.6. The molecule has 9 rings (SSSR count). The molecule has 2 nitrogen and oxygen atoms in total. The van der Waals surface area contributed by atoms with Crippen molar-refractivity contribution >= 4 is 54.1 Å².